The molecular formula is C4H8NW-. The van der Waals surface area contributed by atoms with Crippen LogP contribution in [0.4, 0.5) is 0 Å². The Labute approximate surface area is 52.8 Å². The third-order valence-corrected chi connectivity index (χ3v) is 0.882. The van der Waals surface area contributed by atoms with Crippen molar-refractivity contribution in [1.29, 1.82) is 0 Å². The molecule has 0 aromatic carbocycles. The van der Waals surface area contributed by atoms with Gasteiger partial charge in [0.2, 0.25) is 0 Å². The topological polar surface area (TPSA) is 14.1 Å². The monoisotopic (exact) mass is 254 g/mol. The van der Waals surface area contributed by atoms with Crippen molar-refractivity contribution in [2.24, 2.45) is 0 Å². The number of rotatable bonds is 0. The Hall–Kier alpha value is 0.648. The maximum absolute atomic E-state index is 4.08. The molecule has 1 fully saturated rings. The van der Waals surface area contributed by atoms with E-state index in [0.717, 1.165) is 13.1 Å². The Morgan fingerprint density at radius 3 is 1.67 bits per heavy atom. The van der Waals surface area contributed by atoms with Crippen LogP contribution in [-0.2, 0) is 21.1 Å². The van der Waals surface area contributed by atoms with Crippen molar-refractivity contribution in [2.75, 3.05) is 13.1 Å². The number of hydrogen-bond donors (Lipinski definition) is 0. The minimum Gasteiger partial charge on any atom is -0.662 e. The van der Waals surface area contributed by atoms with Gasteiger partial charge in [-0.25, -0.2) is 0 Å². The average Bonchev–Trinajstić information content (AvgIpc) is 1.76. The van der Waals surface area contributed by atoms with Crippen LogP contribution in [0.5, 0.6) is 0 Å². The molecule has 0 aliphatic carbocycles. The second-order valence-electron chi connectivity index (χ2n) is 1.38. The third-order valence-electron chi connectivity index (χ3n) is 0.882. The van der Waals surface area contributed by atoms with Gasteiger partial charge in [0.15, 0.2) is 0 Å². The molecule has 6 heavy (non-hydrogen) atoms. The van der Waals surface area contributed by atoms with Gasteiger partial charge in [-0.15, -0.1) is 13.1 Å². The third kappa shape index (κ3) is 1.94. The molecule has 1 aliphatic heterocycles. The van der Waals surface area contributed by atoms with E-state index in [2.05, 4.69) is 5.32 Å². The van der Waals surface area contributed by atoms with E-state index in [1.165, 1.54) is 12.8 Å². The van der Waals surface area contributed by atoms with Crippen molar-refractivity contribution in [1.82, 2.24) is 0 Å². The van der Waals surface area contributed by atoms with Gasteiger partial charge < -0.3 is 5.32 Å². The summed E-state index contributed by atoms with van der Waals surface area (Å²) in [4.78, 5) is 0. The quantitative estimate of drug-likeness (QED) is 0.615. The molecule has 0 atom stereocenters. The zero-order valence-corrected chi connectivity index (χ0v) is 6.62. The van der Waals surface area contributed by atoms with Crippen LogP contribution in [0, 0.1) is 0 Å². The Bertz CT molecular complexity index is 19.1. The molecule has 0 N–H and O–H groups in total. The Kier molecular flexibility index (Phi) is 4.24. The van der Waals surface area contributed by atoms with E-state index in [4.69, 9.17) is 0 Å². The Balaban J connectivity index is 0.000000250. The van der Waals surface area contributed by atoms with Gasteiger partial charge in [0.05, 0.1) is 0 Å². The minimum atomic E-state index is 0. The summed E-state index contributed by atoms with van der Waals surface area (Å²) in [5.41, 5.74) is 0. The van der Waals surface area contributed by atoms with Crippen molar-refractivity contribution in [3.8, 4) is 0 Å². The first kappa shape index (κ1) is 6.65. The fourth-order valence-corrected chi connectivity index (χ4v) is 0.559. The second-order valence-corrected chi connectivity index (χ2v) is 1.38. The molecule has 0 saturated carbocycles. The van der Waals surface area contributed by atoms with E-state index in [9.17, 15) is 0 Å². The second kappa shape index (κ2) is 3.83. The standard InChI is InChI=1S/C4H8N.W/c1-2-4-5-3-1;/h1-4H2;/q-1;. The smallest absolute Gasteiger partial charge is 0 e. The molecule has 1 aliphatic rings. The fourth-order valence-electron chi connectivity index (χ4n) is 0.559. The van der Waals surface area contributed by atoms with E-state index in [1.54, 1.807) is 0 Å². The van der Waals surface area contributed by atoms with E-state index < -0.39 is 0 Å². The van der Waals surface area contributed by atoms with Gasteiger partial charge in [-0.2, -0.15) is 0 Å². The van der Waals surface area contributed by atoms with Crippen LogP contribution >= 0.6 is 0 Å². The predicted octanol–water partition coefficient (Wildman–Crippen LogP) is 1.15. The van der Waals surface area contributed by atoms with E-state index >= 15 is 0 Å². The van der Waals surface area contributed by atoms with Crippen molar-refractivity contribution in [3.05, 3.63) is 5.32 Å². The molecule has 2 heteroatoms. The summed E-state index contributed by atoms with van der Waals surface area (Å²) in [6.07, 6.45) is 2.67. The van der Waals surface area contributed by atoms with Crippen LogP contribution in [0.1, 0.15) is 12.8 Å². The number of nitrogens with zero attached hydrogens (tertiary/aromatic N) is 1. The van der Waals surface area contributed by atoms with Crippen molar-refractivity contribution < 1.29 is 21.1 Å². The maximum atomic E-state index is 4.08. The van der Waals surface area contributed by atoms with Gasteiger partial charge >= 0.3 is 0 Å². The predicted molar refractivity (Wildman–Crippen MR) is 22.3 cm³/mol. The molecule has 36 valence electrons. The van der Waals surface area contributed by atoms with Crippen molar-refractivity contribution in [3.63, 3.8) is 0 Å². The van der Waals surface area contributed by atoms with Gasteiger partial charge in [-0.1, -0.05) is 12.8 Å². The van der Waals surface area contributed by atoms with E-state index in [-0.39, 0.29) is 21.1 Å². The van der Waals surface area contributed by atoms with Crippen LogP contribution in [-0.4, -0.2) is 13.1 Å². The molecule has 1 heterocycles. The first-order chi connectivity index (χ1) is 2.50. The molecular weight excluding hydrogens is 246 g/mol. The summed E-state index contributed by atoms with van der Waals surface area (Å²) in [5.74, 6) is 0. The Morgan fingerprint density at radius 2 is 1.50 bits per heavy atom. The summed E-state index contributed by atoms with van der Waals surface area (Å²) >= 11 is 0. The summed E-state index contributed by atoms with van der Waals surface area (Å²) in [6, 6.07) is 0. The minimum absolute atomic E-state index is 0. The summed E-state index contributed by atoms with van der Waals surface area (Å²) < 4.78 is 0. The van der Waals surface area contributed by atoms with Gasteiger partial charge in [-0.3, -0.25) is 0 Å². The van der Waals surface area contributed by atoms with Gasteiger partial charge in [-0.05, 0) is 0 Å². The molecule has 0 amide bonds. The molecule has 0 spiro atoms. The van der Waals surface area contributed by atoms with Crippen LogP contribution in [0.2, 0.25) is 0 Å². The van der Waals surface area contributed by atoms with Crippen LogP contribution in [0.25, 0.3) is 5.32 Å². The van der Waals surface area contributed by atoms with Crippen LogP contribution in [0.15, 0.2) is 0 Å². The molecule has 0 bridgehead atoms. The van der Waals surface area contributed by atoms with Crippen LogP contribution < -0.4 is 0 Å². The molecule has 0 aromatic rings. The molecule has 0 unspecified atom stereocenters. The maximum Gasteiger partial charge on any atom is 0 e. The van der Waals surface area contributed by atoms with E-state index in [1.807, 2.05) is 0 Å². The zero-order chi connectivity index (χ0) is 3.54. The summed E-state index contributed by atoms with van der Waals surface area (Å²) in [5, 5.41) is 4.08. The largest absolute Gasteiger partial charge is 0.662 e. The SMILES string of the molecule is C1CC[N-]C1.[W]. The number of hydrogen-bond acceptors (Lipinski definition) is 0. The molecule has 1 rings (SSSR count). The molecule has 0 radical (unpaired) electrons. The van der Waals surface area contributed by atoms with Crippen molar-refractivity contribution >= 4 is 0 Å². The van der Waals surface area contributed by atoms with E-state index in [0.29, 0.717) is 0 Å². The first-order valence-corrected chi connectivity index (χ1v) is 2.13. The molecule has 1 nitrogen and oxygen atoms in total. The Morgan fingerprint density at radius 1 is 1.00 bits per heavy atom. The normalized spacial score (nSPS) is 20.0. The van der Waals surface area contributed by atoms with Gasteiger partial charge in [0.25, 0.3) is 0 Å². The van der Waals surface area contributed by atoms with Crippen LogP contribution in [0.3, 0.4) is 0 Å². The van der Waals surface area contributed by atoms with Crippen molar-refractivity contribution in [2.45, 2.75) is 12.8 Å². The first-order valence-electron chi connectivity index (χ1n) is 2.13. The summed E-state index contributed by atoms with van der Waals surface area (Å²) in [6.45, 7) is 2.25. The van der Waals surface area contributed by atoms with Gasteiger partial charge in [0.1, 0.15) is 0 Å². The molecule has 0 aromatic heterocycles. The van der Waals surface area contributed by atoms with Gasteiger partial charge in [0, 0.05) is 21.1 Å². The fraction of sp³-hybridized carbons (Fsp3) is 1.00. The average molecular weight is 254 g/mol. The summed E-state index contributed by atoms with van der Waals surface area (Å²) in [7, 11) is 0. The molecule has 1 saturated heterocycles. The zero-order valence-electron chi connectivity index (χ0n) is 3.68.